The molecule has 1 atom stereocenters. The van der Waals surface area contributed by atoms with Crippen molar-refractivity contribution in [1.82, 2.24) is 19.8 Å². The van der Waals surface area contributed by atoms with Crippen LogP contribution in [0.4, 0.5) is 0 Å². The molecule has 1 saturated heterocycles. The minimum Gasteiger partial charge on any atom is -0.377 e. The summed E-state index contributed by atoms with van der Waals surface area (Å²) < 4.78 is 33.3. The van der Waals surface area contributed by atoms with E-state index in [9.17, 15) is 13.2 Å². The van der Waals surface area contributed by atoms with Crippen LogP contribution in [-0.2, 0) is 27.7 Å². The van der Waals surface area contributed by atoms with Crippen LogP contribution in [0.3, 0.4) is 0 Å². The van der Waals surface area contributed by atoms with E-state index < -0.39 is 10.0 Å². The van der Waals surface area contributed by atoms with Crippen LogP contribution in [0.2, 0.25) is 0 Å². The summed E-state index contributed by atoms with van der Waals surface area (Å²) in [5.41, 5.74) is 2.20. The average molecular weight is 402 g/mol. The van der Waals surface area contributed by atoms with Gasteiger partial charge in [0, 0.05) is 32.4 Å². The Kier molecular flexibility index (Phi) is 5.38. The molecule has 0 spiro atoms. The standard InChI is InChI=1S/C19H22N4O4S/c24-19(18-4-1-8-20-22-18)23-9-7-14-11-17(6-5-15(14)13-23)28(25,26)21-12-16-3-2-10-27-16/h1,4-6,8,11,16,21H,2-3,7,9-10,12-13H2. The van der Waals surface area contributed by atoms with E-state index in [-0.39, 0.29) is 16.9 Å². The lowest BCUT2D eigenvalue weighted by Gasteiger charge is -2.28. The number of amides is 1. The lowest BCUT2D eigenvalue weighted by molar-refractivity contribution is 0.0727. The van der Waals surface area contributed by atoms with Crippen LogP contribution in [0.1, 0.15) is 34.5 Å². The number of nitrogens with one attached hydrogen (secondary N) is 1. The number of rotatable bonds is 5. The Morgan fingerprint density at radius 1 is 1.29 bits per heavy atom. The van der Waals surface area contributed by atoms with Gasteiger partial charge < -0.3 is 9.64 Å². The first kappa shape index (κ1) is 19.0. The molecule has 0 saturated carbocycles. The molecule has 1 aromatic carbocycles. The Morgan fingerprint density at radius 2 is 2.18 bits per heavy atom. The zero-order chi connectivity index (χ0) is 19.6. The van der Waals surface area contributed by atoms with E-state index in [4.69, 9.17) is 4.74 Å². The van der Waals surface area contributed by atoms with Crippen LogP contribution >= 0.6 is 0 Å². The fraction of sp³-hybridized carbons (Fsp3) is 0.421. The summed E-state index contributed by atoms with van der Waals surface area (Å²) in [4.78, 5) is 14.5. The number of hydrogen-bond acceptors (Lipinski definition) is 6. The second-order valence-corrected chi connectivity index (χ2v) is 8.77. The van der Waals surface area contributed by atoms with E-state index >= 15 is 0 Å². The highest BCUT2D eigenvalue weighted by atomic mass is 32.2. The van der Waals surface area contributed by atoms with E-state index in [0.29, 0.717) is 38.4 Å². The Hall–Kier alpha value is -2.36. The number of fused-ring (bicyclic) bond motifs is 1. The minimum absolute atomic E-state index is 0.0481. The number of ether oxygens (including phenoxy) is 1. The van der Waals surface area contributed by atoms with Crippen molar-refractivity contribution >= 4 is 15.9 Å². The van der Waals surface area contributed by atoms with Gasteiger partial charge in [-0.25, -0.2) is 13.1 Å². The van der Waals surface area contributed by atoms with Crippen LogP contribution in [0.15, 0.2) is 41.4 Å². The van der Waals surface area contributed by atoms with E-state index in [1.165, 1.54) is 6.20 Å². The summed E-state index contributed by atoms with van der Waals surface area (Å²) in [7, 11) is -3.58. The van der Waals surface area contributed by atoms with Gasteiger partial charge in [-0.2, -0.15) is 5.10 Å². The summed E-state index contributed by atoms with van der Waals surface area (Å²) in [6.45, 7) is 1.92. The largest absolute Gasteiger partial charge is 0.377 e. The maximum atomic E-state index is 12.6. The third kappa shape index (κ3) is 4.06. The van der Waals surface area contributed by atoms with Crippen LogP contribution in [0.25, 0.3) is 0 Å². The first-order chi connectivity index (χ1) is 13.5. The van der Waals surface area contributed by atoms with Crippen LogP contribution in [0.5, 0.6) is 0 Å². The molecule has 1 unspecified atom stereocenters. The molecule has 8 nitrogen and oxygen atoms in total. The van der Waals surface area contributed by atoms with Gasteiger partial charge in [0.1, 0.15) is 0 Å². The van der Waals surface area contributed by atoms with Crippen LogP contribution in [0, 0.1) is 0 Å². The Balaban J connectivity index is 1.45. The number of sulfonamides is 1. The Morgan fingerprint density at radius 3 is 2.93 bits per heavy atom. The van der Waals surface area contributed by atoms with E-state index in [0.717, 1.165) is 24.0 Å². The van der Waals surface area contributed by atoms with Gasteiger partial charge in [0.05, 0.1) is 11.0 Å². The van der Waals surface area contributed by atoms with Gasteiger partial charge in [0.15, 0.2) is 5.69 Å². The molecule has 4 rings (SSSR count). The fourth-order valence-electron chi connectivity index (χ4n) is 3.54. The number of nitrogens with zero attached hydrogens (tertiary/aromatic N) is 3. The molecule has 0 aliphatic carbocycles. The SMILES string of the molecule is O=C(c1cccnn1)N1CCc2cc(S(=O)(=O)NCC3CCCO3)ccc2C1. The predicted octanol–water partition coefficient (Wildman–Crippen LogP) is 1.13. The van der Waals surface area contributed by atoms with Gasteiger partial charge in [-0.1, -0.05) is 6.07 Å². The first-order valence-corrected chi connectivity index (χ1v) is 10.8. The zero-order valence-corrected chi connectivity index (χ0v) is 16.2. The third-order valence-corrected chi connectivity index (χ3v) is 6.53. The summed E-state index contributed by atoms with van der Waals surface area (Å²) in [6.07, 6.45) is 3.92. The highest BCUT2D eigenvalue weighted by Gasteiger charge is 2.25. The van der Waals surface area contributed by atoms with E-state index in [1.54, 1.807) is 35.2 Å². The molecule has 0 radical (unpaired) electrons. The van der Waals surface area contributed by atoms with Gasteiger partial charge in [-0.15, -0.1) is 5.10 Å². The van der Waals surface area contributed by atoms with Gasteiger partial charge in [-0.05, 0) is 54.7 Å². The second-order valence-electron chi connectivity index (χ2n) is 7.00. The minimum atomic E-state index is -3.58. The first-order valence-electron chi connectivity index (χ1n) is 9.33. The second kappa shape index (κ2) is 7.94. The Bertz CT molecular complexity index is 959. The molecule has 1 fully saturated rings. The van der Waals surface area contributed by atoms with Gasteiger partial charge >= 0.3 is 0 Å². The van der Waals surface area contributed by atoms with Crippen LogP contribution < -0.4 is 4.72 Å². The van der Waals surface area contributed by atoms with Crippen LogP contribution in [-0.4, -0.2) is 55.2 Å². The smallest absolute Gasteiger partial charge is 0.274 e. The van der Waals surface area contributed by atoms with Crippen molar-refractivity contribution in [2.75, 3.05) is 19.7 Å². The molecule has 2 aliphatic rings. The molecule has 0 bridgehead atoms. The maximum absolute atomic E-state index is 12.6. The molecule has 28 heavy (non-hydrogen) atoms. The van der Waals surface area contributed by atoms with E-state index in [1.807, 2.05) is 0 Å². The molecule has 9 heteroatoms. The van der Waals surface area contributed by atoms with E-state index in [2.05, 4.69) is 14.9 Å². The number of carbonyl (C=O) groups is 1. The topological polar surface area (TPSA) is 101 Å². The zero-order valence-electron chi connectivity index (χ0n) is 15.4. The highest BCUT2D eigenvalue weighted by Crippen LogP contribution is 2.23. The highest BCUT2D eigenvalue weighted by molar-refractivity contribution is 7.89. The van der Waals surface area contributed by atoms with Gasteiger partial charge in [0.2, 0.25) is 10.0 Å². The molecule has 2 aliphatic heterocycles. The lowest BCUT2D eigenvalue weighted by atomic mass is 9.99. The van der Waals surface area contributed by atoms with Crippen molar-refractivity contribution < 1.29 is 17.9 Å². The van der Waals surface area contributed by atoms with Crippen molar-refractivity contribution in [3.8, 4) is 0 Å². The molecule has 1 N–H and O–H groups in total. The quantitative estimate of drug-likeness (QED) is 0.805. The third-order valence-electron chi connectivity index (χ3n) is 5.10. The number of carbonyl (C=O) groups excluding carboxylic acids is 1. The number of hydrogen-bond donors (Lipinski definition) is 1. The molecular weight excluding hydrogens is 380 g/mol. The molecule has 1 aromatic heterocycles. The molecular formula is C19H22N4O4S. The van der Waals surface area contributed by atoms with Crippen molar-refractivity contribution in [1.29, 1.82) is 0 Å². The van der Waals surface area contributed by atoms with Crippen molar-refractivity contribution in [3.63, 3.8) is 0 Å². The molecule has 2 aromatic rings. The summed E-state index contributed by atoms with van der Waals surface area (Å²) in [6, 6.07) is 8.40. The van der Waals surface area contributed by atoms with Crippen molar-refractivity contribution in [2.24, 2.45) is 0 Å². The molecule has 148 valence electrons. The molecule has 1 amide bonds. The predicted molar refractivity (Wildman–Crippen MR) is 101 cm³/mol. The average Bonchev–Trinajstić information content (AvgIpc) is 3.25. The summed E-state index contributed by atoms with van der Waals surface area (Å²) >= 11 is 0. The van der Waals surface area contributed by atoms with Crippen molar-refractivity contribution in [2.45, 2.75) is 36.8 Å². The van der Waals surface area contributed by atoms with Crippen molar-refractivity contribution in [3.05, 3.63) is 53.3 Å². The normalized spacial score (nSPS) is 19.4. The van der Waals surface area contributed by atoms with Gasteiger partial charge in [0.25, 0.3) is 5.91 Å². The fourth-order valence-corrected chi connectivity index (χ4v) is 4.66. The Labute approximate surface area is 164 Å². The number of aromatic nitrogens is 2. The summed E-state index contributed by atoms with van der Waals surface area (Å²) in [5.74, 6) is -0.173. The maximum Gasteiger partial charge on any atom is 0.274 e. The monoisotopic (exact) mass is 402 g/mol. The molecule has 3 heterocycles. The summed E-state index contributed by atoms with van der Waals surface area (Å²) in [5, 5.41) is 7.62. The number of benzene rings is 1. The lowest BCUT2D eigenvalue weighted by Crippen LogP contribution is -2.36. The van der Waals surface area contributed by atoms with Gasteiger partial charge in [-0.3, -0.25) is 4.79 Å².